The Balaban J connectivity index is 1.92. The van der Waals surface area contributed by atoms with E-state index in [2.05, 4.69) is 21.7 Å². The molecule has 3 amide bonds. The molecule has 150 valence electrons. The summed E-state index contributed by atoms with van der Waals surface area (Å²) in [6, 6.07) is 11.3. The predicted octanol–water partition coefficient (Wildman–Crippen LogP) is 3.64. The average Bonchev–Trinajstić information content (AvgIpc) is 3.03. The Kier molecular flexibility index (Phi) is 5.80. The Morgan fingerprint density at radius 2 is 2.00 bits per heavy atom. The molecule has 0 aliphatic carbocycles. The van der Waals surface area contributed by atoms with Gasteiger partial charge < -0.3 is 5.32 Å². The van der Waals surface area contributed by atoms with Gasteiger partial charge in [0.25, 0.3) is 0 Å². The first-order valence-corrected chi connectivity index (χ1v) is 10.3. The summed E-state index contributed by atoms with van der Waals surface area (Å²) < 4.78 is 1.90. The summed E-state index contributed by atoms with van der Waals surface area (Å²) >= 11 is 1.31. The SMILES string of the molecule is CCc1cc(SCC(=O)NC(=O)NC(C)(C)C)n2c(nc3ccccc32)c1C#N. The first-order valence-electron chi connectivity index (χ1n) is 9.31. The van der Waals surface area contributed by atoms with Gasteiger partial charge in [-0.25, -0.2) is 9.78 Å². The van der Waals surface area contributed by atoms with Gasteiger partial charge in [0.15, 0.2) is 5.65 Å². The minimum atomic E-state index is -0.518. The number of aromatic nitrogens is 2. The normalized spacial score (nSPS) is 11.4. The second kappa shape index (κ2) is 8.13. The van der Waals surface area contributed by atoms with Gasteiger partial charge in [-0.2, -0.15) is 5.26 Å². The van der Waals surface area contributed by atoms with Gasteiger partial charge in [-0.15, -0.1) is 0 Å². The van der Waals surface area contributed by atoms with Gasteiger partial charge in [-0.1, -0.05) is 30.8 Å². The molecule has 2 aromatic heterocycles. The highest BCUT2D eigenvalue weighted by molar-refractivity contribution is 7.99. The maximum atomic E-state index is 12.3. The smallest absolute Gasteiger partial charge is 0.321 e. The fourth-order valence-electron chi connectivity index (χ4n) is 3.03. The van der Waals surface area contributed by atoms with Gasteiger partial charge >= 0.3 is 6.03 Å². The number of carbonyl (C=O) groups is 2. The summed E-state index contributed by atoms with van der Waals surface area (Å²) in [6.07, 6.45) is 0.677. The van der Waals surface area contributed by atoms with Crippen LogP contribution in [0, 0.1) is 11.3 Å². The lowest BCUT2D eigenvalue weighted by molar-refractivity contribution is -0.117. The number of carbonyl (C=O) groups excluding carboxylic acids is 2. The number of imide groups is 1. The van der Waals surface area contributed by atoms with Crippen LogP contribution in [0.25, 0.3) is 16.7 Å². The topological polar surface area (TPSA) is 99.3 Å². The maximum absolute atomic E-state index is 12.3. The number of nitrogens with zero attached hydrogens (tertiary/aromatic N) is 3. The van der Waals surface area contributed by atoms with Crippen LogP contribution in [0.15, 0.2) is 35.4 Å². The molecular formula is C21H23N5O2S. The number of urea groups is 1. The minimum Gasteiger partial charge on any atom is -0.333 e. The van der Waals surface area contributed by atoms with Gasteiger partial charge in [0.1, 0.15) is 6.07 Å². The Morgan fingerprint density at radius 3 is 2.66 bits per heavy atom. The average molecular weight is 410 g/mol. The van der Waals surface area contributed by atoms with Gasteiger partial charge in [0.05, 0.1) is 27.4 Å². The van der Waals surface area contributed by atoms with E-state index in [1.807, 2.05) is 62.4 Å². The molecule has 0 aliphatic rings. The Morgan fingerprint density at radius 1 is 1.28 bits per heavy atom. The van der Waals surface area contributed by atoms with Crippen LogP contribution in [-0.2, 0) is 11.2 Å². The molecule has 8 heteroatoms. The molecule has 0 bridgehead atoms. The highest BCUT2D eigenvalue weighted by Gasteiger charge is 2.19. The number of hydrogen-bond donors (Lipinski definition) is 2. The summed E-state index contributed by atoms with van der Waals surface area (Å²) in [7, 11) is 0. The van der Waals surface area contributed by atoms with Crippen LogP contribution >= 0.6 is 11.8 Å². The molecule has 3 aromatic rings. The van der Waals surface area contributed by atoms with Crippen LogP contribution in [0.3, 0.4) is 0 Å². The lowest BCUT2D eigenvalue weighted by Gasteiger charge is -2.20. The van der Waals surface area contributed by atoms with Crippen LogP contribution < -0.4 is 10.6 Å². The van der Waals surface area contributed by atoms with Crippen molar-refractivity contribution in [1.29, 1.82) is 5.26 Å². The summed E-state index contributed by atoms with van der Waals surface area (Å²) in [5.41, 5.74) is 3.23. The third-order valence-electron chi connectivity index (χ3n) is 4.21. The molecule has 29 heavy (non-hydrogen) atoms. The van der Waals surface area contributed by atoms with Crippen LogP contribution in [0.5, 0.6) is 0 Å². The molecule has 0 unspecified atom stereocenters. The van der Waals surface area contributed by atoms with Crippen molar-refractivity contribution in [1.82, 2.24) is 20.0 Å². The third kappa shape index (κ3) is 4.51. The first-order chi connectivity index (χ1) is 13.7. The second-order valence-electron chi connectivity index (χ2n) is 7.65. The van der Waals surface area contributed by atoms with E-state index in [1.54, 1.807) is 0 Å². The monoisotopic (exact) mass is 409 g/mol. The number of hydrogen-bond acceptors (Lipinski definition) is 5. The summed E-state index contributed by atoms with van der Waals surface area (Å²) in [5, 5.41) is 15.5. The van der Waals surface area contributed by atoms with E-state index in [-0.39, 0.29) is 5.75 Å². The third-order valence-corrected chi connectivity index (χ3v) is 5.21. The molecule has 0 saturated heterocycles. The van der Waals surface area contributed by atoms with Crippen molar-refractivity contribution in [2.24, 2.45) is 0 Å². The molecular weight excluding hydrogens is 386 g/mol. The number of imidazole rings is 1. The zero-order valence-electron chi connectivity index (χ0n) is 16.9. The lowest BCUT2D eigenvalue weighted by Crippen LogP contribution is -2.48. The Bertz CT molecular complexity index is 1140. The number of rotatable bonds is 4. The van der Waals surface area contributed by atoms with Crippen molar-refractivity contribution in [3.05, 3.63) is 41.5 Å². The number of pyridine rings is 1. The van der Waals surface area contributed by atoms with Crippen molar-refractivity contribution in [2.45, 2.75) is 44.7 Å². The summed E-state index contributed by atoms with van der Waals surface area (Å²) in [4.78, 5) is 28.8. The molecule has 7 nitrogen and oxygen atoms in total. The van der Waals surface area contributed by atoms with E-state index in [9.17, 15) is 14.9 Å². The summed E-state index contributed by atoms with van der Waals surface area (Å²) in [5.74, 6) is -0.328. The van der Waals surface area contributed by atoms with Crippen LogP contribution in [0.2, 0.25) is 0 Å². The molecule has 1 aromatic carbocycles. The number of thioether (sulfide) groups is 1. The van der Waals surface area contributed by atoms with E-state index in [1.165, 1.54) is 11.8 Å². The lowest BCUT2D eigenvalue weighted by atomic mass is 10.1. The van der Waals surface area contributed by atoms with Gasteiger partial charge in [-0.05, 0) is 51.0 Å². The van der Waals surface area contributed by atoms with Crippen molar-refractivity contribution >= 4 is 40.4 Å². The van der Waals surface area contributed by atoms with Crippen LogP contribution in [-0.4, -0.2) is 32.6 Å². The molecule has 0 saturated carbocycles. The number of aryl methyl sites for hydroxylation is 1. The molecule has 2 N–H and O–H groups in total. The standard InChI is InChI=1S/C21H23N5O2S/c1-5-13-10-18(29-12-17(27)24-20(28)25-21(2,3)4)26-16-9-7-6-8-15(16)23-19(26)14(13)11-22/h6-10H,5,12H2,1-4H3,(H2,24,25,27,28). The van der Waals surface area contributed by atoms with E-state index >= 15 is 0 Å². The zero-order valence-corrected chi connectivity index (χ0v) is 17.7. The fraction of sp³-hybridized carbons (Fsp3) is 0.333. The van der Waals surface area contributed by atoms with Gasteiger partial charge in [0.2, 0.25) is 5.91 Å². The quantitative estimate of drug-likeness (QED) is 0.641. The molecule has 0 spiro atoms. The van der Waals surface area contributed by atoms with Crippen molar-refractivity contribution < 1.29 is 9.59 Å². The number of amides is 3. The highest BCUT2D eigenvalue weighted by atomic mass is 32.2. The molecule has 0 fully saturated rings. The first kappa shape index (κ1) is 20.7. The van der Waals surface area contributed by atoms with E-state index in [0.29, 0.717) is 17.6 Å². The van der Waals surface area contributed by atoms with E-state index < -0.39 is 17.5 Å². The molecule has 3 rings (SSSR count). The zero-order chi connectivity index (χ0) is 21.2. The minimum absolute atomic E-state index is 0.0637. The maximum Gasteiger partial charge on any atom is 0.321 e. The molecule has 2 heterocycles. The number of nitriles is 1. The van der Waals surface area contributed by atoms with Gasteiger partial charge in [0, 0.05) is 5.54 Å². The second-order valence-corrected chi connectivity index (χ2v) is 8.64. The number of benzene rings is 1. The van der Waals surface area contributed by atoms with Crippen LogP contribution in [0.1, 0.15) is 38.8 Å². The Hall–Kier alpha value is -3.05. The summed E-state index contributed by atoms with van der Waals surface area (Å²) in [6.45, 7) is 7.51. The van der Waals surface area contributed by atoms with E-state index in [0.717, 1.165) is 21.6 Å². The Labute approximate surface area is 173 Å². The number of nitrogens with one attached hydrogen (secondary N) is 2. The molecule has 0 radical (unpaired) electrons. The largest absolute Gasteiger partial charge is 0.333 e. The van der Waals surface area contributed by atoms with Gasteiger partial charge in [-0.3, -0.25) is 14.5 Å². The number of fused-ring (bicyclic) bond motifs is 3. The van der Waals surface area contributed by atoms with Crippen molar-refractivity contribution in [3.63, 3.8) is 0 Å². The van der Waals surface area contributed by atoms with Crippen molar-refractivity contribution in [2.75, 3.05) is 5.75 Å². The van der Waals surface area contributed by atoms with E-state index in [4.69, 9.17) is 0 Å². The molecule has 0 atom stereocenters. The fourth-order valence-corrected chi connectivity index (χ4v) is 3.92. The molecule has 0 aliphatic heterocycles. The highest BCUT2D eigenvalue weighted by Crippen LogP contribution is 2.29. The number of para-hydroxylation sites is 2. The van der Waals surface area contributed by atoms with Crippen LogP contribution in [0.4, 0.5) is 4.79 Å². The van der Waals surface area contributed by atoms with Crippen molar-refractivity contribution in [3.8, 4) is 6.07 Å². The predicted molar refractivity (Wildman–Crippen MR) is 114 cm³/mol.